The van der Waals surface area contributed by atoms with Gasteiger partial charge in [0.05, 0.1) is 6.17 Å². The Morgan fingerprint density at radius 3 is 0.650 bits per heavy atom. The van der Waals surface area contributed by atoms with Gasteiger partial charge in [-0.2, -0.15) is 0 Å². The minimum Gasteiger partial charge on any atom is -0.302 e. The summed E-state index contributed by atoms with van der Waals surface area (Å²) in [5.41, 5.74) is 0. The number of hydrogen-bond acceptors (Lipinski definition) is 2. The van der Waals surface area contributed by atoms with Gasteiger partial charge in [0.2, 0.25) is 0 Å². The Kier molecular flexibility index (Phi) is 36.9. The van der Waals surface area contributed by atoms with E-state index in [9.17, 15) is 0 Å². The molecule has 0 saturated carbocycles. The highest BCUT2D eigenvalue weighted by molar-refractivity contribution is 4.59. The third-order valence-corrected chi connectivity index (χ3v) is 8.96. The topological polar surface area (TPSA) is 24.1 Å². The van der Waals surface area contributed by atoms with Crippen molar-refractivity contribution in [1.29, 1.82) is 0 Å². The van der Waals surface area contributed by atoms with Crippen LogP contribution in [-0.4, -0.2) is 19.3 Å². The molecule has 0 aromatic carbocycles. The standard InChI is InChI=1S/C38H80N2/c1-4-6-8-10-12-14-16-18-20-22-24-26-28-30-32-34-36-39-38(3)40-37-35-33-31-29-27-25-23-21-19-17-15-13-11-9-7-5-2/h38-40H,4-37H2,1-3H3. The summed E-state index contributed by atoms with van der Waals surface area (Å²) < 4.78 is 0. The fraction of sp³-hybridized carbons (Fsp3) is 1.00. The van der Waals surface area contributed by atoms with Crippen LogP contribution in [-0.2, 0) is 0 Å². The molecule has 0 aliphatic carbocycles. The zero-order chi connectivity index (χ0) is 29.0. The Bertz CT molecular complexity index is 386. The van der Waals surface area contributed by atoms with Gasteiger partial charge in [0.25, 0.3) is 0 Å². The molecule has 0 aliphatic heterocycles. The van der Waals surface area contributed by atoms with Gasteiger partial charge in [-0.15, -0.1) is 0 Å². The quantitative estimate of drug-likeness (QED) is 0.0584. The predicted octanol–water partition coefficient (Wildman–Crippen LogP) is 13.0. The van der Waals surface area contributed by atoms with Crippen molar-refractivity contribution in [2.75, 3.05) is 13.1 Å². The molecule has 0 rings (SSSR count). The largest absolute Gasteiger partial charge is 0.302 e. The first-order valence-electron chi connectivity index (χ1n) is 19.3. The minimum absolute atomic E-state index is 0.465. The predicted molar refractivity (Wildman–Crippen MR) is 185 cm³/mol. The molecule has 0 radical (unpaired) electrons. The second-order valence-corrected chi connectivity index (χ2v) is 13.2. The molecule has 0 aromatic rings. The third-order valence-electron chi connectivity index (χ3n) is 8.96. The average Bonchev–Trinajstić information content (AvgIpc) is 2.96. The van der Waals surface area contributed by atoms with Crippen LogP contribution in [0.2, 0.25) is 0 Å². The maximum absolute atomic E-state index is 3.68. The molecule has 0 spiro atoms. The van der Waals surface area contributed by atoms with E-state index in [0.29, 0.717) is 6.17 Å². The van der Waals surface area contributed by atoms with Crippen LogP contribution < -0.4 is 10.6 Å². The van der Waals surface area contributed by atoms with Gasteiger partial charge in [0.15, 0.2) is 0 Å². The molecule has 0 heterocycles. The molecule has 2 N–H and O–H groups in total. The van der Waals surface area contributed by atoms with Gasteiger partial charge >= 0.3 is 0 Å². The molecule has 0 atom stereocenters. The Morgan fingerprint density at radius 1 is 0.275 bits per heavy atom. The van der Waals surface area contributed by atoms with Gasteiger partial charge in [-0.3, -0.25) is 0 Å². The number of rotatable bonds is 36. The Hall–Kier alpha value is -0.0800. The third kappa shape index (κ3) is 35.9. The lowest BCUT2D eigenvalue weighted by molar-refractivity contribution is 0.432. The molecule has 0 aliphatic rings. The highest BCUT2D eigenvalue weighted by Gasteiger charge is 2.00. The molecular formula is C38H80N2. The van der Waals surface area contributed by atoms with Gasteiger partial charge in [-0.05, 0) is 32.9 Å². The van der Waals surface area contributed by atoms with E-state index in [2.05, 4.69) is 31.4 Å². The molecule has 0 aromatic heterocycles. The fourth-order valence-corrected chi connectivity index (χ4v) is 6.06. The van der Waals surface area contributed by atoms with Crippen LogP contribution in [0.1, 0.15) is 226 Å². The lowest BCUT2D eigenvalue weighted by atomic mass is 10.0. The van der Waals surface area contributed by atoms with Crippen LogP contribution in [0.25, 0.3) is 0 Å². The van der Waals surface area contributed by atoms with Crippen LogP contribution in [0.15, 0.2) is 0 Å². The molecule has 2 heteroatoms. The van der Waals surface area contributed by atoms with E-state index in [4.69, 9.17) is 0 Å². The number of hydrogen-bond donors (Lipinski definition) is 2. The van der Waals surface area contributed by atoms with Gasteiger partial charge in [-0.25, -0.2) is 0 Å². The average molecular weight is 565 g/mol. The summed E-state index contributed by atoms with van der Waals surface area (Å²) in [5.74, 6) is 0. The maximum atomic E-state index is 3.68. The molecule has 0 amide bonds. The van der Waals surface area contributed by atoms with Crippen molar-refractivity contribution >= 4 is 0 Å². The Labute approximate surface area is 255 Å². The molecule has 2 nitrogen and oxygen atoms in total. The monoisotopic (exact) mass is 565 g/mol. The van der Waals surface area contributed by atoms with Crippen LogP contribution in [0.5, 0.6) is 0 Å². The maximum Gasteiger partial charge on any atom is 0.0542 e. The molecule has 0 fully saturated rings. The summed E-state index contributed by atoms with van der Waals surface area (Å²) in [7, 11) is 0. The van der Waals surface area contributed by atoms with E-state index in [1.807, 2.05) is 0 Å². The highest BCUT2D eigenvalue weighted by Crippen LogP contribution is 2.15. The molecule has 242 valence electrons. The SMILES string of the molecule is CCCCCCCCCCCCCCCCCCNC(C)NCCCCCCCCCCCCCCCCCC. The van der Waals surface area contributed by atoms with Crippen LogP contribution in [0.3, 0.4) is 0 Å². The van der Waals surface area contributed by atoms with Crippen LogP contribution in [0.4, 0.5) is 0 Å². The zero-order valence-corrected chi connectivity index (χ0v) is 28.6. The summed E-state index contributed by atoms with van der Waals surface area (Å²) in [5, 5.41) is 7.35. The van der Waals surface area contributed by atoms with Crippen LogP contribution >= 0.6 is 0 Å². The van der Waals surface area contributed by atoms with Crippen molar-refractivity contribution in [3.63, 3.8) is 0 Å². The second-order valence-electron chi connectivity index (χ2n) is 13.2. The summed E-state index contributed by atoms with van der Waals surface area (Å²) >= 11 is 0. The molecular weight excluding hydrogens is 484 g/mol. The second kappa shape index (κ2) is 36.9. The van der Waals surface area contributed by atoms with Crippen molar-refractivity contribution in [3.8, 4) is 0 Å². The van der Waals surface area contributed by atoms with Crippen molar-refractivity contribution in [2.24, 2.45) is 0 Å². The smallest absolute Gasteiger partial charge is 0.0542 e. The molecule has 0 unspecified atom stereocenters. The first-order valence-corrected chi connectivity index (χ1v) is 19.3. The lowest BCUT2D eigenvalue weighted by Crippen LogP contribution is -2.40. The Balaban J connectivity index is 3.13. The van der Waals surface area contributed by atoms with Crippen molar-refractivity contribution in [1.82, 2.24) is 10.6 Å². The zero-order valence-electron chi connectivity index (χ0n) is 28.6. The minimum atomic E-state index is 0.465. The van der Waals surface area contributed by atoms with Crippen molar-refractivity contribution < 1.29 is 0 Å². The van der Waals surface area contributed by atoms with Gasteiger partial charge in [-0.1, -0.05) is 206 Å². The first kappa shape index (κ1) is 39.9. The first-order chi connectivity index (χ1) is 19.8. The van der Waals surface area contributed by atoms with E-state index < -0.39 is 0 Å². The van der Waals surface area contributed by atoms with Crippen LogP contribution in [0, 0.1) is 0 Å². The summed E-state index contributed by atoms with van der Waals surface area (Å²) in [4.78, 5) is 0. The normalized spacial score (nSPS) is 11.7. The Morgan fingerprint density at radius 2 is 0.450 bits per heavy atom. The molecule has 0 saturated heterocycles. The summed E-state index contributed by atoms with van der Waals surface area (Å²) in [6, 6.07) is 0. The highest BCUT2D eigenvalue weighted by atomic mass is 15.1. The van der Waals surface area contributed by atoms with Gasteiger partial charge in [0, 0.05) is 0 Å². The van der Waals surface area contributed by atoms with E-state index in [0.717, 1.165) is 0 Å². The van der Waals surface area contributed by atoms with Crippen molar-refractivity contribution in [3.05, 3.63) is 0 Å². The summed E-state index contributed by atoms with van der Waals surface area (Å²) in [6.45, 7) is 9.24. The van der Waals surface area contributed by atoms with E-state index in [1.54, 1.807) is 0 Å². The molecule has 0 bridgehead atoms. The van der Waals surface area contributed by atoms with Gasteiger partial charge in [0.1, 0.15) is 0 Å². The fourth-order valence-electron chi connectivity index (χ4n) is 6.06. The van der Waals surface area contributed by atoms with E-state index in [-0.39, 0.29) is 0 Å². The number of nitrogens with one attached hydrogen (secondary N) is 2. The van der Waals surface area contributed by atoms with Gasteiger partial charge < -0.3 is 10.6 Å². The number of unbranched alkanes of at least 4 members (excludes halogenated alkanes) is 30. The van der Waals surface area contributed by atoms with E-state index in [1.165, 1.54) is 219 Å². The molecule has 40 heavy (non-hydrogen) atoms. The van der Waals surface area contributed by atoms with E-state index >= 15 is 0 Å². The summed E-state index contributed by atoms with van der Waals surface area (Å²) in [6.07, 6.45) is 46.7. The lowest BCUT2D eigenvalue weighted by Gasteiger charge is -2.15. The van der Waals surface area contributed by atoms with Crippen molar-refractivity contribution in [2.45, 2.75) is 232 Å².